The normalized spacial score (nSPS) is 45.8. The maximum absolute atomic E-state index is 2.75. The van der Waals surface area contributed by atoms with Crippen molar-refractivity contribution in [1.82, 2.24) is 0 Å². The van der Waals surface area contributed by atoms with Crippen LogP contribution in [0.3, 0.4) is 0 Å². The third kappa shape index (κ3) is 3.65. The van der Waals surface area contributed by atoms with E-state index in [0.29, 0.717) is 16.2 Å². The average Bonchev–Trinajstić information content (AvgIpc) is 2.95. The van der Waals surface area contributed by atoms with Gasteiger partial charge in [0.25, 0.3) is 0 Å². The van der Waals surface area contributed by atoms with Gasteiger partial charge < -0.3 is 0 Å². The molecule has 0 heteroatoms. The van der Waals surface area contributed by atoms with Crippen LogP contribution in [0.25, 0.3) is 0 Å². The number of rotatable bonds is 4. The summed E-state index contributed by atoms with van der Waals surface area (Å²) in [5.74, 6) is 4.96. The van der Waals surface area contributed by atoms with Crippen LogP contribution < -0.4 is 0 Å². The summed E-state index contributed by atoms with van der Waals surface area (Å²) in [7, 11) is 0. The van der Waals surface area contributed by atoms with Crippen LogP contribution in [-0.2, 0) is 0 Å². The summed E-state index contributed by atoms with van der Waals surface area (Å²) in [6.07, 6.45) is 20.5. The highest BCUT2D eigenvalue weighted by molar-refractivity contribution is 5.24. The predicted molar refractivity (Wildman–Crippen MR) is 122 cm³/mol. The highest BCUT2D eigenvalue weighted by atomic mass is 14.6. The van der Waals surface area contributed by atoms with Crippen molar-refractivity contribution in [1.29, 1.82) is 0 Å². The maximum Gasteiger partial charge on any atom is -0.00851 e. The molecule has 4 aliphatic carbocycles. The molecule has 7 unspecified atom stereocenters. The first-order valence-electron chi connectivity index (χ1n) is 12.8. The molecule has 0 bridgehead atoms. The van der Waals surface area contributed by atoms with E-state index in [9.17, 15) is 0 Å². The largest absolute Gasteiger partial charge is 0.0845 e. The van der Waals surface area contributed by atoms with Crippen LogP contribution in [-0.4, -0.2) is 0 Å². The van der Waals surface area contributed by atoms with Gasteiger partial charge in [-0.3, -0.25) is 0 Å². The lowest BCUT2D eigenvalue weighted by Gasteiger charge is -2.58. The lowest BCUT2D eigenvalue weighted by molar-refractivity contribution is -0.0451. The van der Waals surface area contributed by atoms with Crippen LogP contribution in [0.5, 0.6) is 0 Å². The summed E-state index contributed by atoms with van der Waals surface area (Å²) in [4.78, 5) is 0. The molecule has 0 N–H and O–H groups in total. The first kappa shape index (κ1) is 21.0. The summed E-state index contributed by atoms with van der Waals surface area (Å²) in [6.45, 7) is 15.1. The summed E-state index contributed by atoms with van der Waals surface area (Å²) in [6, 6.07) is 0. The summed E-state index contributed by atoms with van der Waals surface area (Å²) < 4.78 is 0. The van der Waals surface area contributed by atoms with Crippen LogP contribution in [0.1, 0.15) is 119 Å². The molecule has 160 valence electrons. The number of unbranched alkanes of at least 4 members (excludes halogenated alkanes) is 1. The first-order chi connectivity index (χ1) is 13.1. The Morgan fingerprint density at radius 1 is 0.964 bits per heavy atom. The molecule has 0 aromatic carbocycles. The van der Waals surface area contributed by atoms with Crippen LogP contribution in [0, 0.1) is 45.8 Å². The van der Waals surface area contributed by atoms with Gasteiger partial charge in [-0.1, -0.05) is 66.0 Å². The van der Waals surface area contributed by atoms with Crippen molar-refractivity contribution in [2.45, 2.75) is 119 Å². The van der Waals surface area contributed by atoms with E-state index in [1.165, 1.54) is 77.0 Å². The van der Waals surface area contributed by atoms with Crippen molar-refractivity contribution in [3.05, 3.63) is 11.6 Å². The third-order valence-corrected chi connectivity index (χ3v) is 10.3. The highest BCUT2D eigenvalue weighted by Gasteiger charge is 2.58. The van der Waals surface area contributed by atoms with Gasteiger partial charge in [0.05, 0.1) is 0 Å². The van der Waals surface area contributed by atoms with Crippen molar-refractivity contribution in [2.75, 3.05) is 0 Å². The Morgan fingerprint density at radius 3 is 2.50 bits per heavy atom. The Hall–Kier alpha value is -0.260. The molecular formula is C28H48. The molecule has 0 nitrogen and oxygen atoms in total. The van der Waals surface area contributed by atoms with E-state index in [1.54, 1.807) is 0 Å². The van der Waals surface area contributed by atoms with E-state index in [4.69, 9.17) is 0 Å². The molecular weight excluding hydrogens is 336 g/mol. The van der Waals surface area contributed by atoms with Gasteiger partial charge >= 0.3 is 0 Å². The predicted octanol–water partition coefficient (Wildman–Crippen LogP) is 8.81. The smallest absolute Gasteiger partial charge is 0.00851 e. The zero-order chi connectivity index (χ0) is 20.2. The van der Waals surface area contributed by atoms with Crippen LogP contribution >= 0.6 is 0 Å². The molecule has 0 aromatic heterocycles. The Bertz CT molecular complexity index is 592. The van der Waals surface area contributed by atoms with Crippen LogP contribution in [0.2, 0.25) is 0 Å². The zero-order valence-electron chi connectivity index (χ0n) is 19.9. The van der Waals surface area contributed by atoms with Crippen molar-refractivity contribution < 1.29 is 0 Å². The topological polar surface area (TPSA) is 0 Å². The van der Waals surface area contributed by atoms with Crippen molar-refractivity contribution in [3.63, 3.8) is 0 Å². The SMILES string of the molecule is CC1CCC2(C)C(=CCC3C2CCC2(C)C(CCCCC(C)(C)C)CCC32)C1. The van der Waals surface area contributed by atoms with Gasteiger partial charge in [-0.15, -0.1) is 0 Å². The average molecular weight is 385 g/mol. The molecule has 3 saturated carbocycles. The lowest BCUT2D eigenvalue weighted by Crippen LogP contribution is -2.49. The van der Waals surface area contributed by atoms with Crippen LogP contribution in [0.15, 0.2) is 11.6 Å². The second kappa shape index (κ2) is 7.46. The van der Waals surface area contributed by atoms with E-state index in [0.717, 1.165) is 29.6 Å². The summed E-state index contributed by atoms with van der Waals surface area (Å²) in [5, 5.41) is 0. The molecule has 0 aromatic rings. The number of fused-ring (bicyclic) bond motifs is 5. The van der Waals surface area contributed by atoms with Gasteiger partial charge in [-0.2, -0.15) is 0 Å². The summed E-state index contributed by atoms with van der Waals surface area (Å²) >= 11 is 0. The fraction of sp³-hybridized carbons (Fsp3) is 0.929. The number of allylic oxidation sites excluding steroid dienone is 2. The minimum Gasteiger partial charge on any atom is -0.0845 e. The van der Waals surface area contributed by atoms with Crippen LogP contribution in [0.4, 0.5) is 0 Å². The molecule has 0 amide bonds. The molecule has 3 fully saturated rings. The van der Waals surface area contributed by atoms with Crippen molar-refractivity contribution in [3.8, 4) is 0 Å². The number of hydrogen-bond donors (Lipinski definition) is 0. The molecule has 4 aliphatic rings. The molecule has 4 rings (SSSR count). The Morgan fingerprint density at radius 2 is 1.75 bits per heavy atom. The second-order valence-electron chi connectivity index (χ2n) is 13.2. The minimum atomic E-state index is 0.513. The van der Waals surface area contributed by atoms with E-state index in [-0.39, 0.29) is 0 Å². The summed E-state index contributed by atoms with van der Waals surface area (Å²) in [5.41, 5.74) is 3.60. The fourth-order valence-electron chi connectivity index (χ4n) is 8.47. The van der Waals surface area contributed by atoms with E-state index in [2.05, 4.69) is 47.6 Å². The fourth-order valence-corrected chi connectivity index (χ4v) is 8.47. The van der Waals surface area contributed by atoms with Gasteiger partial charge in [0.1, 0.15) is 0 Å². The Balaban J connectivity index is 1.43. The van der Waals surface area contributed by atoms with Gasteiger partial charge in [-0.25, -0.2) is 0 Å². The van der Waals surface area contributed by atoms with Gasteiger partial charge in [0.15, 0.2) is 0 Å². The van der Waals surface area contributed by atoms with Gasteiger partial charge in [-0.05, 0) is 110 Å². The molecule has 0 radical (unpaired) electrons. The lowest BCUT2D eigenvalue weighted by atomic mass is 9.47. The molecule has 0 aliphatic heterocycles. The van der Waals surface area contributed by atoms with Crippen molar-refractivity contribution >= 4 is 0 Å². The molecule has 28 heavy (non-hydrogen) atoms. The number of hydrogen-bond acceptors (Lipinski definition) is 0. The maximum atomic E-state index is 2.75. The standard InChI is InChI=1S/C28H48/c1-20-14-17-28(6)22(19-20)10-12-23-24-13-11-21(9-7-8-16-26(2,3)4)27(24,5)18-15-25(23)28/h10,20-21,23-25H,7-9,11-19H2,1-6H3. The molecule has 0 spiro atoms. The molecule has 0 heterocycles. The molecule has 0 saturated heterocycles. The quantitative estimate of drug-likeness (QED) is 0.335. The van der Waals surface area contributed by atoms with Crippen molar-refractivity contribution in [2.24, 2.45) is 45.8 Å². The third-order valence-electron chi connectivity index (χ3n) is 10.3. The zero-order valence-corrected chi connectivity index (χ0v) is 19.9. The first-order valence-corrected chi connectivity index (χ1v) is 12.8. The monoisotopic (exact) mass is 384 g/mol. The molecule has 7 atom stereocenters. The highest BCUT2D eigenvalue weighted by Crippen LogP contribution is 2.67. The van der Waals surface area contributed by atoms with Gasteiger partial charge in [0, 0.05) is 0 Å². The minimum absolute atomic E-state index is 0.513. The Labute approximate surface area is 176 Å². The van der Waals surface area contributed by atoms with E-state index >= 15 is 0 Å². The van der Waals surface area contributed by atoms with E-state index < -0.39 is 0 Å². The Kier molecular flexibility index (Phi) is 5.59. The van der Waals surface area contributed by atoms with Gasteiger partial charge in [0.2, 0.25) is 0 Å². The van der Waals surface area contributed by atoms with E-state index in [1.807, 2.05) is 5.57 Å². The second-order valence-corrected chi connectivity index (χ2v) is 13.2.